The van der Waals surface area contributed by atoms with Crippen LogP contribution in [0.4, 0.5) is 0 Å². The fourth-order valence-electron chi connectivity index (χ4n) is 5.27. The molecule has 0 fully saturated rings. The van der Waals surface area contributed by atoms with Crippen LogP contribution in [-0.2, 0) is 22.7 Å². The van der Waals surface area contributed by atoms with Crippen LogP contribution >= 0.6 is 34.0 Å². The molecule has 0 amide bonds. The molecule has 2 aromatic heterocycles. The van der Waals surface area contributed by atoms with Crippen molar-refractivity contribution in [2.75, 3.05) is 0 Å². The number of aryl methyl sites for hydroxylation is 1. The first-order valence-corrected chi connectivity index (χ1v) is 17.4. The lowest BCUT2D eigenvalue weighted by molar-refractivity contribution is -0.699. The van der Waals surface area contributed by atoms with Crippen LogP contribution < -0.4 is 19.3 Å². The molecule has 46 heavy (non-hydrogen) atoms. The van der Waals surface area contributed by atoms with Gasteiger partial charge in [-0.2, -0.15) is 0 Å². The molecule has 0 atom stereocenters. The molecule has 8 nitrogen and oxygen atoms in total. The van der Waals surface area contributed by atoms with Crippen LogP contribution in [0, 0.1) is 0 Å². The topological polar surface area (TPSA) is 120 Å². The predicted octanol–water partition coefficient (Wildman–Crippen LogP) is 7.13. The van der Waals surface area contributed by atoms with E-state index in [-0.39, 0.29) is 34.0 Å². The summed E-state index contributed by atoms with van der Waals surface area (Å²) in [5.41, 5.74) is 0.660. The van der Waals surface area contributed by atoms with Crippen molar-refractivity contribution in [3.8, 4) is 0 Å². The van der Waals surface area contributed by atoms with Gasteiger partial charge in [0.25, 0.3) is 5.82 Å². The molecule has 0 spiro atoms. The SMILES string of the molecule is Br.Br.CCCCCCCCCCCC[n+]1c(C=CC(=O)[O-])c[nH]c1C=CC(=O)[O-].CCCCCCCCCCCC[n+]1cc[nH]c1. The molecule has 2 heterocycles. The van der Waals surface area contributed by atoms with Gasteiger partial charge in [0.2, 0.25) is 6.33 Å². The van der Waals surface area contributed by atoms with E-state index in [1.807, 2.05) is 17.1 Å². The molecule has 2 rings (SSSR count). The van der Waals surface area contributed by atoms with Crippen LogP contribution in [-0.4, -0.2) is 21.9 Å². The van der Waals surface area contributed by atoms with Crippen LogP contribution in [0.15, 0.2) is 37.1 Å². The fourth-order valence-corrected chi connectivity index (χ4v) is 5.27. The van der Waals surface area contributed by atoms with E-state index in [0.717, 1.165) is 25.0 Å². The number of nitrogens with zero attached hydrogens (tertiary/aromatic N) is 2. The second-order valence-corrected chi connectivity index (χ2v) is 11.8. The summed E-state index contributed by atoms with van der Waals surface area (Å²) in [6.07, 6.45) is 39.0. The van der Waals surface area contributed by atoms with Crippen molar-refractivity contribution >= 4 is 58.1 Å². The number of rotatable bonds is 26. The molecular formula is C36H62Br2N4O4. The smallest absolute Gasteiger partial charge is 0.279 e. The van der Waals surface area contributed by atoms with E-state index < -0.39 is 11.9 Å². The van der Waals surface area contributed by atoms with Crippen molar-refractivity contribution < 1.29 is 28.9 Å². The lowest BCUT2D eigenvalue weighted by atomic mass is 10.1. The van der Waals surface area contributed by atoms with Crippen LogP contribution in [0.2, 0.25) is 0 Å². The zero-order chi connectivity index (χ0) is 32.1. The number of aromatic amines is 2. The normalized spacial score (nSPS) is 10.8. The third-order valence-corrected chi connectivity index (χ3v) is 7.85. The van der Waals surface area contributed by atoms with E-state index >= 15 is 0 Å². The number of carbonyl (C=O) groups is 2. The Bertz CT molecular complexity index is 997. The number of halogens is 2. The molecule has 0 aliphatic rings. The Morgan fingerprint density at radius 2 is 1.09 bits per heavy atom. The third kappa shape index (κ3) is 25.9. The summed E-state index contributed by atoms with van der Waals surface area (Å²) in [7, 11) is 0. The minimum absolute atomic E-state index is 0. The molecule has 0 aliphatic heterocycles. The average molecular weight is 775 g/mol. The Labute approximate surface area is 299 Å². The quantitative estimate of drug-likeness (QED) is 0.0601. The molecule has 0 aromatic carbocycles. The van der Waals surface area contributed by atoms with Gasteiger partial charge >= 0.3 is 0 Å². The molecule has 0 saturated heterocycles. The maximum Gasteiger partial charge on any atom is 0.279 e. The van der Waals surface area contributed by atoms with Crippen molar-refractivity contribution in [3.05, 3.63) is 48.6 Å². The predicted molar refractivity (Wildman–Crippen MR) is 194 cm³/mol. The van der Waals surface area contributed by atoms with Gasteiger partial charge in [0, 0.05) is 6.08 Å². The molecule has 10 heteroatoms. The number of carbonyl (C=O) groups excluding carboxylic acids is 2. The highest BCUT2D eigenvalue weighted by atomic mass is 79.9. The number of carboxylic acids is 2. The van der Waals surface area contributed by atoms with E-state index in [9.17, 15) is 19.8 Å². The molecule has 0 saturated carbocycles. The summed E-state index contributed by atoms with van der Waals surface area (Å²) in [6.45, 7) is 6.35. The summed E-state index contributed by atoms with van der Waals surface area (Å²) in [5.74, 6) is -1.96. The Hall–Kier alpha value is -2.20. The van der Waals surface area contributed by atoms with E-state index in [0.29, 0.717) is 18.1 Å². The first-order valence-electron chi connectivity index (χ1n) is 17.4. The molecular weight excluding hydrogens is 712 g/mol. The van der Waals surface area contributed by atoms with Gasteiger partial charge in [-0.1, -0.05) is 117 Å². The summed E-state index contributed by atoms with van der Waals surface area (Å²) < 4.78 is 4.09. The maximum atomic E-state index is 10.6. The molecule has 0 unspecified atom stereocenters. The number of imidazole rings is 2. The van der Waals surface area contributed by atoms with Crippen molar-refractivity contribution in [1.29, 1.82) is 0 Å². The highest BCUT2D eigenvalue weighted by Crippen LogP contribution is 2.12. The maximum absolute atomic E-state index is 10.6. The number of hydrogen-bond acceptors (Lipinski definition) is 4. The molecule has 0 radical (unpaired) electrons. The van der Waals surface area contributed by atoms with E-state index in [1.54, 1.807) is 6.20 Å². The van der Waals surface area contributed by atoms with Crippen molar-refractivity contribution in [2.24, 2.45) is 0 Å². The molecule has 2 aromatic rings. The molecule has 264 valence electrons. The zero-order valence-corrected chi connectivity index (χ0v) is 31.9. The molecule has 0 bridgehead atoms. The van der Waals surface area contributed by atoms with Gasteiger partial charge in [-0.3, -0.25) is 4.98 Å². The highest BCUT2D eigenvalue weighted by molar-refractivity contribution is 8.93. The van der Waals surface area contributed by atoms with E-state index in [2.05, 4.69) is 34.6 Å². The number of nitrogens with one attached hydrogen (secondary N) is 2. The van der Waals surface area contributed by atoms with Crippen molar-refractivity contribution in [1.82, 2.24) is 9.97 Å². The summed E-state index contributed by atoms with van der Waals surface area (Å²) in [5, 5.41) is 21.3. The van der Waals surface area contributed by atoms with Gasteiger partial charge in [-0.05, 0) is 43.9 Å². The number of carboxylic acid groups (broad SMARTS) is 2. The van der Waals surface area contributed by atoms with Crippen molar-refractivity contribution in [2.45, 2.75) is 155 Å². The van der Waals surface area contributed by atoms with Crippen LogP contribution in [0.1, 0.15) is 154 Å². The number of unbranched alkanes of at least 4 members (excludes halogenated alkanes) is 18. The van der Waals surface area contributed by atoms with Gasteiger partial charge in [0.1, 0.15) is 18.6 Å². The minimum Gasteiger partial charge on any atom is -0.545 e. The fraction of sp³-hybridized carbons (Fsp3) is 0.667. The lowest BCUT2D eigenvalue weighted by Gasteiger charge is -2.04. The first kappa shape index (κ1) is 45.9. The summed E-state index contributed by atoms with van der Waals surface area (Å²) >= 11 is 0. The van der Waals surface area contributed by atoms with E-state index in [4.69, 9.17) is 0 Å². The minimum atomic E-state index is -1.28. The summed E-state index contributed by atoms with van der Waals surface area (Å²) in [4.78, 5) is 27.3. The second kappa shape index (κ2) is 32.7. The van der Waals surface area contributed by atoms with Gasteiger partial charge < -0.3 is 19.8 Å². The van der Waals surface area contributed by atoms with Gasteiger partial charge in [-0.15, -0.1) is 34.0 Å². The number of hydrogen-bond donors (Lipinski definition) is 2. The Morgan fingerprint density at radius 3 is 1.52 bits per heavy atom. The van der Waals surface area contributed by atoms with Gasteiger partial charge in [0.15, 0.2) is 5.69 Å². The molecule has 0 aliphatic carbocycles. The van der Waals surface area contributed by atoms with E-state index in [1.165, 1.54) is 134 Å². The van der Waals surface area contributed by atoms with Crippen molar-refractivity contribution in [3.63, 3.8) is 0 Å². The second-order valence-electron chi connectivity index (χ2n) is 11.8. The summed E-state index contributed by atoms with van der Waals surface area (Å²) in [6, 6.07) is 0. The Morgan fingerprint density at radius 1 is 0.652 bits per heavy atom. The largest absolute Gasteiger partial charge is 0.545 e. The van der Waals surface area contributed by atoms with Crippen LogP contribution in [0.3, 0.4) is 0 Å². The monoisotopic (exact) mass is 772 g/mol. The zero-order valence-electron chi connectivity index (χ0n) is 28.5. The van der Waals surface area contributed by atoms with Crippen LogP contribution in [0.25, 0.3) is 12.2 Å². The van der Waals surface area contributed by atoms with Crippen LogP contribution in [0.5, 0.6) is 0 Å². The lowest BCUT2D eigenvalue weighted by Crippen LogP contribution is -2.38. The molecule has 2 N–H and O–H groups in total. The third-order valence-electron chi connectivity index (χ3n) is 7.85. The highest BCUT2D eigenvalue weighted by Gasteiger charge is 2.13. The van der Waals surface area contributed by atoms with Gasteiger partial charge in [-0.25, -0.2) is 14.1 Å². The standard InChI is InChI=1S/C21H32N2O4.C15H28N2.2BrH/c1-2-3-4-5-6-7-8-9-10-11-16-23-18(12-14-20(24)25)17-22-19(23)13-15-21(26)27;1-2-3-4-5-6-7-8-9-10-11-13-17-14-12-16-15-17;;/h12-15,17H,2-11,16H2,1H3,(H2,24,25,26,27);12,14-15H,2-11,13H2,1H3;2*1H. The average Bonchev–Trinajstić information content (AvgIpc) is 3.67. The number of aromatic nitrogens is 4. The number of aliphatic carboxylic acids is 2. The number of H-pyrrole nitrogens is 2. The first-order chi connectivity index (χ1) is 21.5. The Balaban J connectivity index is 0. The van der Waals surface area contributed by atoms with Gasteiger partial charge in [0.05, 0.1) is 25.0 Å². The Kier molecular flexibility index (Phi) is 32.7.